The Morgan fingerprint density at radius 2 is 2.09 bits per heavy atom. The van der Waals surface area contributed by atoms with Gasteiger partial charge in [0.2, 0.25) is 0 Å². The summed E-state index contributed by atoms with van der Waals surface area (Å²) in [7, 11) is 0. The molecule has 0 unspecified atom stereocenters. The van der Waals surface area contributed by atoms with Crippen LogP contribution in [0.2, 0.25) is 0 Å². The van der Waals surface area contributed by atoms with E-state index < -0.39 is 18.2 Å². The average Bonchev–Trinajstić information content (AvgIpc) is 2.33. The van der Waals surface area contributed by atoms with Gasteiger partial charge in [-0.1, -0.05) is 0 Å². The summed E-state index contributed by atoms with van der Waals surface area (Å²) in [5.41, 5.74) is -1.88. The largest absolute Gasteiger partial charge is 0.397 e. The highest BCUT2D eigenvalue weighted by atomic mass is 19.4. The number of halogens is 3. The fourth-order valence-electron chi connectivity index (χ4n) is 1.21. The minimum absolute atomic E-state index is 0.0208. The van der Waals surface area contributed by atoms with E-state index in [0.29, 0.717) is 6.54 Å². The van der Waals surface area contributed by atoms with E-state index in [1.807, 2.05) is 0 Å². The van der Waals surface area contributed by atoms with Crippen LogP contribution in [-0.4, -0.2) is 31.0 Å². The predicted octanol–water partition coefficient (Wildman–Crippen LogP) is 0.521. The van der Waals surface area contributed by atoms with Gasteiger partial charge < -0.3 is 10.4 Å². The van der Waals surface area contributed by atoms with Crippen molar-refractivity contribution >= 4 is 0 Å². The van der Waals surface area contributed by atoms with Gasteiger partial charge >= 0.3 is 6.18 Å². The Morgan fingerprint density at radius 1 is 1.45 bits per heavy atom. The van der Waals surface area contributed by atoms with Crippen LogP contribution < -0.4 is 5.32 Å². The molecule has 0 amide bonds. The number of alkyl halides is 3. The van der Waals surface area contributed by atoms with Gasteiger partial charge in [0.05, 0.1) is 6.61 Å². The number of aliphatic hydroxyl groups is 1. The van der Waals surface area contributed by atoms with Crippen LogP contribution in [0, 0.1) is 5.41 Å². The minimum atomic E-state index is -4.29. The van der Waals surface area contributed by atoms with E-state index in [1.54, 1.807) is 0 Å². The lowest BCUT2D eigenvalue weighted by atomic mass is 9.87. The molecule has 1 atom stereocenters. The number of rotatable bonds is 1. The molecule has 0 aliphatic carbocycles. The van der Waals surface area contributed by atoms with Gasteiger partial charge in [-0.25, -0.2) is 0 Å². The Bertz CT molecular complexity index is 139. The van der Waals surface area contributed by atoms with Crippen molar-refractivity contribution in [2.45, 2.75) is 12.6 Å². The molecule has 1 rings (SSSR count). The molecule has 66 valence electrons. The smallest absolute Gasteiger partial charge is 0.395 e. The molecule has 0 bridgehead atoms. The minimum Gasteiger partial charge on any atom is -0.395 e. The molecule has 1 fully saturated rings. The van der Waals surface area contributed by atoms with Gasteiger partial charge in [-0.3, -0.25) is 0 Å². The second-order valence-electron chi connectivity index (χ2n) is 2.86. The predicted molar refractivity (Wildman–Crippen MR) is 33.1 cm³/mol. The van der Waals surface area contributed by atoms with E-state index >= 15 is 0 Å². The molecule has 0 aromatic rings. The molecule has 1 saturated heterocycles. The Labute approximate surface area is 62.4 Å². The molecule has 1 aliphatic heterocycles. The van der Waals surface area contributed by atoms with Crippen molar-refractivity contribution in [2.24, 2.45) is 5.41 Å². The summed E-state index contributed by atoms with van der Waals surface area (Å²) in [5.74, 6) is 0. The van der Waals surface area contributed by atoms with Crippen molar-refractivity contribution < 1.29 is 18.3 Å². The zero-order valence-corrected chi connectivity index (χ0v) is 5.91. The molecular weight excluding hydrogens is 159 g/mol. The molecule has 1 aliphatic rings. The quantitative estimate of drug-likeness (QED) is 0.599. The van der Waals surface area contributed by atoms with Gasteiger partial charge in [0.15, 0.2) is 0 Å². The maximum absolute atomic E-state index is 12.2. The van der Waals surface area contributed by atoms with E-state index in [0.717, 1.165) is 0 Å². The SMILES string of the molecule is OC[C@]1(C(F)(F)F)CCNC1. The molecule has 0 aromatic carbocycles. The van der Waals surface area contributed by atoms with E-state index in [9.17, 15) is 13.2 Å². The number of hydrogen-bond donors (Lipinski definition) is 2. The number of aliphatic hydroxyl groups excluding tert-OH is 1. The summed E-state index contributed by atoms with van der Waals surface area (Å²) >= 11 is 0. The third-order valence-electron chi connectivity index (χ3n) is 2.15. The maximum atomic E-state index is 12.2. The lowest BCUT2D eigenvalue weighted by Gasteiger charge is -2.28. The fraction of sp³-hybridized carbons (Fsp3) is 1.00. The van der Waals surface area contributed by atoms with Gasteiger partial charge in [-0.05, 0) is 13.0 Å². The lowest BCUT2D eigenvalue weighted by molar-refractivity contribution is -0.227. The van der Waals surface area contributed by atoms with Crippen LogP contribution in [0.5, 0.6) is 0 Å². The average molecular weight is 169 g/mol. The normalized spacial score (nSPS) is 32.7. The molecule has 0 radical (unpaired) electrons. The molecule has 0 aromatic heterocycles. The maximum Gasteiger partial charge on any atom is 0.397 e. The Kier molecular flexibility index (Phi) is 2.11. The first-order valence-corrected chi connectivity index (χ1v) is 3.40. The molecule has 2 N–H and O–H groups in total. The molecule has 0 saturated carbocycles. The molecular formula is C6H10F3NO. The summed E-state index contributed by atoms with van der Waals surface area (Å²) in [6, 6.07) is 0. The fourth-order valence-corrected chi connectivity index (χ4v) is 1.21. The summed E-state index contributed by atoms with van der Waals surface area (Å²) in [6.07, 6.45) is -4.31. The molecule has 2 nitrogen and oxygen atoms in total. The van der Waals surface area contributed by atoms with E-state index in [1.165, 1.54) is 0 Å². The van der Waals surface area contributed by atoms with Gasteiger partial charge in [0, 0.05) is 6.54 Å². The highest BCUT2D eigenvalue weighted by Gasteiger charge is 2.55. The first kappa shape index (κ1) is 8.80. The van der Waals surface area contributed by atoms with E-state index in [4.69, 9.17) is 5.11 Å². The molecule has 11 heavy (non-hydrogen) atoms. The van der Waals surface area contributed by atoms with Gasteiger partial charge in [0.1, 0.15) is 5.41 Å². The zero-order valence-electron chi connectivity index (χ0n) is 5.91. The highest BCUT2D eigenvalue weighted by molar-refractivity contribution is 4.93. The monoisotopic (exact) mass is 169 g/mol. The Morgan fingerprint density at radius 3 is 2.27 bits per heavy atom. The number of nitrogens with one attached hydrogen (secondary N) is 1. The highest BCUT2D eigenvalue weighted by Crippen LogP contribution is 2.42. The number of hydrogen-bond acceptors (Lipinski definition) is 2. The molecule has 5 heteroatoms. The Hall–Kier alpha value is -0.290. The van der Waals surface area contributed by atoms with Crippen molar-refractivity contribution in [3.63, 3.8) is 0 Å². The van der Waals surface area contributed by atoms with E-state index in [-0.39, 0.29) is 13.0 Å². The van der Waals surface area contributed by atoms with Crippen LogP contribution in [0.4, 0.5) is 13.2 Å². The van der Waals surface area contributed by atoms with Crippen molar-refractivity contribution in [3.05, 3.63) is 0 Å². The van der Waals surface area contributed by atoms with Gasteiger partial charge in [-0.15, -0.1) is 0 Å². The van der Waals surface area contributed by atoms with Crippen LogP contribution in [0.3, 0.4) is 0 Å². The van der Waals surface area contributed by atoms with Crippen LogP contribution in [0.15, 0.2) is 0 Å². The molecule has 1 heterocycles. The van der Waals surface area contributed by atoms with Gasteiger partial charge in [0.25, 0.3) is 0 Å². The summed E-state index contributed by atoms with van der Waals surface area (Å²) in [4.78, 5) is 0. The van der Waals surface area contributed by atoms with Crippen LogP contribution in [-0.2, 0) is 0 Å². The van der Waals surface area contributed by atoms with Crippen molar-refractivity contribution in [2.75, 3.05) is 19.7 Å². The summed E-state index contributed by atoms with van der Waals surface area (Å²) in [5, 5.41) is 11.2. The summed E-state index contributed by atoms with van der Waals surface area (Å²) < 4.78 is 36.6. The van der Waals surface area contributed by atoms with Crippen molar-refractivity contribution in [3.8, 4) is 0 Å². The van der Waals surface area contributed by atoms with Gasteiger partial charge in [-0.2, -0.15) is 13.2 Å². The van der Waals surface area contributed by atoms with E-state index in [2.05, 4.69) is 5.32 Å². The lowest BCUT2D eigenvalue weighted by Crippen LogP contribution is -2.42. The zero-order chi connectivity index (χ0) is 8.54. The van der Waals surface area contributed by atoms with Crippen molar-refractivity contribution in [1.29, 1.82) is 0 Å². The van der Waals surface area contributed by atoms with Crippen LogP contribution in [0.25, 0.3) is 0 Å². The second kappa shape index (κ2) is 2.64. The van der Waals surface area contributed by atoms with Crippen LogP contribution >= 0.6 is 0 Å². The third-order valence-corrected chi connectivity index (χ3v) is 2.15. The standard InChI is InChI=1S/C6H10F3NO/c7-6(8,9)5(4-11)1-2-10-3-5/h10-11H,1-4H2/t5-/m0/s1. The second-order valence-corrected chi connectivity index (χ2v) is 2.86. The topological polar surface area (TPSA) is 32.3 Å². The Balaban J connectivity index is 2.75. The summed E-state index contributed by atoms with van der Waals surface area (Å²) in [6.45, 7) is -0.642. The van der Waals surface area contributed by atoms with Crippen LogP contribution in [0.1, 0.15) is 6.42 Å². The van der Waals surface area contributed by atoms with Crippen molar-refractivity contribution in [1.82, 2.24) is 5.32 Å². The third kappa shape index (κ3) is 1.35. The first-order chi connectivity index (χ1) is 5.02. The first-order valence-electron chi connectivity index (χ1n) is 3.40. The molecule has 0 spiro atoms.